The third-order valence-corrected chi connectivity index (χ3v) is 4.35. The lowest BCUT2D eigenvalue weighted by Gasteiger charge is -2.26. The molecule has 0 saturated carbocycles. The second-order valence-electron chi connectivity index (χ2n) is 6.31. The molecule has 0 aromatic heterocycles. The number of halogens is 1. The Morgan fingerprint density at radius 3 is 2.72 bits per heavy atom. The molecule has 0 bridgehead atoms. The second kappa shape index (κ2) is 8.23. The number of benzene rings is 2. The van der Waals surface area contributed by atoms with Crippen molar-refractivity contribution in [2.45, 2.75) is 32.1 Å². The first-order chi connectivity index (χ1) is 12.2. The Balaban J connectivity index is 1.82. The Morgan fingerprint density at radius 1 is 1.20 bits per heavy atom. The van der Waals surface area contributed by atoms with Crippen LogP contribution >= 0.6 is 0 Å². The van der Waals surface area contributed by atoms with Crippen molar-refractivity contribution in [1.29, 1.82) is 0 Å². The van der Waals surface area contributed by atoms with E-state index < -0.39 is 0 Å². The summed E-state index contributed by atoms with van der Waals surface area (Å²) in [5.74, 6) is -0.459. The van der Waals surface area contributed by atoms with Gasteiger partial charge in [-0.25, -0.2) is 4.39 Å². The lowest BCUT2D eigenvalue weighted by Crippen LogP contribution is -2.37. The molecule has 1 aliphatic heterocycles. The average molecular weight is 343 g/mol. The fourth-order valence-electron chi connectivity index (χ4n) is 3.09. The van der Waals surface area contributed by atoms with Crippen molar-refractivity contribution < 1.29 is 19.0 Å². The van der Waals surface area contributed by atoms with E-state index in [0.717, 1.165) is 18.4 Å². The third kappa shape index (κ3) is 4.65. The van der Waals surface area contributed by atoms with Gasteiger partial charge in [-0.3, -0.25) is 4.79 Å². The maximum absolute atomic E-state index is 13.5. The first-order valence-electron chi connectivity index (χ1n) is 8.51. The number of hydrogen-bond donors (Lipinski definition) is 1. The molecule has 1 saturated heterocycles. The molecule has 4 nitrogen and oxygen atoms in total. The number of carbonyl (C=O) groups is 1. The van der Waals surface area contributed by atoms with Crippen LogP contribution < -0.4 is 0 Å². The van der Waals surface area contributed by atoms with E-state index in [0.29, 0.717) is 30.8 Å². The lowest BCUT2D eigenvalue weighted by molar-refractivity contribution is 0.0507. The summed E-state index contributed by atoms with van der Waals surface area (Å²) in [5.41, 5.74) is 1.94. The van der Waals surface area contributed by atoms with Gasteiger partial charge in [-0.1, -0.05) is 24.3 Å². The maximum Gasteiger partial charge on any atom is 0.254 e. The van der Waals surface area contributed by atoms with Gasteiger partial charge in [0.1, 0.15) is 5.82 Å². The number of aliphatic hydroxyl groups excluding tert-OH is 1. The van der Waals surface area contributed by atoms with Crippen LogP contribution in [0.2, 0.25) is 0 Å². The summed E-state index contributed by atoms with van der Waals surface area (Å²) < 4.78 is 19.2. The monoisotopic (exact) mass is 343 g/mol. The maximum atomic E-state index is 13.5. The van der Waals surface area contributed by atoms with Crippen molar-refractivity contribution in [3.63, 3.8) is 0 Å². The summed E-state index contributed by atoms with van der Waals surface area (Å²) in [5, 5.41) is 9.29. The van der Waals surface area contributed by atoms with E-state index in [9.17, 15) is 14.3 Å². The molecule has 0 unspecified atom stereocenters. The zero-order valence-electron chi connectivity index (χ0n) is 14.0. The fourth-order valence-corrected chi connectivity index (χ4v) is 3.09. The normalized spacial score (nSPS) is 16.8. The molecule has 1 amide bonds. The van der Waals surface area contributed by atoms with Crippen molar-refractivity contribution in [2.24, 2.45) is 0 Å². The van der Waals surface area contributed by atoms with E-state index in [1.165, 1.54) is 12.1 Å². The number of ether oxygens (including phenoxy) is 1. The van der Waals surface area contributed by atoms with Crippen LogP contribution in [0.1, 0.15) is 34.3 Å². The van der Waals surface area contributed by atoms with Crippen molar-refractivity contribution in [1.82, 2.24) is 4.90 Å². The first-order valence-corrected chi connectivity index (χ1v) is 8.51. The van der Waals surface area contributed by atoms with E-state index in [2.05, 4.69) is 0 Å². The molecule has 3 rings (SSSR count). The quantitative estimate of drug-likeness (QED) is 0.877. The van der Waals surface area contributed by atoms with E-state index >= 15 is 0 Å². The highest BCUT2D eigenvalue weighted by Gasteiger charge is 2.24. The van der Waals surface area contributed by atoms with Gasteiger partial charge < -0.3 is 14.7 Å². The molecule has 1 N–H and O–H groups in total. The minimum atomic E-state index is -0.315. The van der Waals surface area contributed by atoms with E-state index in [1.807, 2.05) is 6.07 Å². The van der Waals surface area contributed by atoms with Gasteiger partial charge >= 0.3 is 0 Å². The lowest BCUT2D eigenvalue weighted by atomic mass is 10.1. The van der Waals surface area contributed by atoms with Gasteiger partial charge in [0, 0.05) is 25.3 Å². The Labute approximate surface area is 146 Å². The van der Waals surface area contributed by atoms with Crippen molar-refractivity contribution in [3.05, 3.63) is 71.0 Å². The van der Waals surface area contributed by atoms with Gasteiger partial charge in [-0.05, 0) is 48.2 Å². The van der Waals surface area contributed by atoms with Crippen molar-refractivity contribution >= 4 is 5.91 Å². The highest BCUT2D eigenvalue weighted by molar-refractivity contribution is 5.94. The van der Waals surface area contributed by atoms with Crippen LogP contribution in [0, 0.1) is 5.82 Å². The predicted molar refractivity (Wildman–Crippen MR) is 92.5 cm³/mol. The average Bonchev–Trinajstić information content (AvgIpc) is 3.14. The molecule has 0 spiro atoms. The molecule has 5 heteroatoms. The molecule has 0 aliphatic carbocycles. The van der Waals surface area contributed by atoms with Crippen LogP contribution in [-0.2, 0) is 17.9 Å². The molecule has 2 aromatic rings. The molecule has 25 heavy (non-hydrogen) atoms. The predicted octanol–water partition coefficient (Wildman–Crippen LogP) is 3.14. The van der Waals surface area contributed by atoms with E-state index in [1.54, 1.807) is 35.2 Å². The number of carbonyl (C=O) groups excluding carboxylic acids is 1. The minimum Gasteiger partial charge on any atom is -0.392 e. The Kier molecular flexibility index (Phi) is 5.79. The summed E-state index contributed by atoms with van der Waals surface area (Å²) in [6.07, 6.45) is 1.93. The Hall–Kier alpha value is -2.24. The van der Waals surface area contributed by atoms with E-state index in [4.69, 9.17) is 4.74 Å². The van der Waals surface area contributed by atoms with Gasteiger partial charge in [0.15, 0.2) is 0 Å². The molecule has 1 aliphatic rings. The van der Waals surface area contributed by atoms with Crippen LogP contribution in [0.15, 0.2) is 48.5 Å². The number of hydrogen-bond acceptors (Lipinski definition) is 3. The van der Waals surface area contributed by atoms with Crippen LogP contribution in [0.4, 0.5) is 4.39 Å². The molecule has 1 atom stereocenters. The van der Waals surface area contributed by atoms with Crippen LogP contribution in [0.5, 0.6) is 0 Å². The Bertz CT molecular complexity index is 728. The molecule has 1 fully saturated rings. The summed E-state index contributed by atoms with van der Waals surface area (Å²) >= 11 is 0. The number of rotatable bonds is 6. The SMILES string of the molecule is O=C(c1cccc(CO)c1)N(Cc1cccc(F)c1)C[C@H]1CCCO1. The third-order valence-electron chi connectivity index (χ3n) is 4.35. The van der Waals surface area contributed by atoms with Crippen LogP contribution in [0.25, 0.3) is 0 Å². The second-order valence-corrected chi connectivity index (χ2v) is 6.31. The summed E-state index contributed by atoms with van der Waals surface area (Å²) in [4.78, 5) is 14.7. The minimum absolute atomic E-state index is 0.0125. The van der Waals surface area contributed by atoms with Gasteiger partial charge in [-0.2, -0.15) is 0 Å². The number of amides is 1. The zero-order chi connectivity index (χ0) is 17.6. The first kappa shape index (κ1) is 17.6. The number of aliphatic hydroxyl groups is 1. The zero-order valence-corrected chi connectivity index (χ0v) is 14.0. The molecule has 1 heterocycles. The fraction of sp³-hybridized carbons (Fsp3) is 0.350. The van der Waals surface area contributed by atoms with Gasteiger partial charge in [-0.15, -0.1) is 0 Å². The molecule has 0 radical (unpaired) electrons. The summed E-state index contributed by atoms with van der Waals surface area (Å²) in [7, 11) is 0. The van der Waals surface area contributed by atoms with Crippen molar-refractivity contribution in [2.75, 3.05) is 13.2 Å². The molecule has 132 valence electrons. The standard InChI is InChI=1S/C20H22FNO3/c21-18-7-2-4-15(11-18)12-22(13-19-8-3-9-25-19)20(24)17-6-1-5-16(10-17)14-23/h1-2,4-7,10-11,19,23H,3,8-9,12-14H2/t19-/m1/s1. The highest BCUT2D eigenvalue weighted by Crippen LogP contribution is 2.18. The molecular formula is C20H22FNO3. The van der Waals surface area contributed by atoms with Gasteiger partial charge in [0.2, 0.25) is 0 Å². The van der Waals surface area contributed by atoms with Crippen LogP contribution in [-0.4, -0.2) is 35.2 Å². The summed E-state index contributed by atoms with van der Waals surface area (Å²) in [6.45, 7) is 1.39. The molecule has 2 aromatic carbocycles. The van der Waals surface area contributed by atoms with E-state index in [-0.39, 0.29) is 24.4 Å². The Morgan fingerprint density at radius 2 is 2.00 bits per heavy atom. The highest BCUT2D eigenvalue weighted by atomic mass is 19.1. The largest absolute Gasteiger partial charge is 0.392 e. The van der Waals surface area contributed by atoms with Crippen LogP contribution in [0.3, 0.4) is 0 Å². The molecular weight excluding hydrogens is 321 g/mol. The van der Waals surface area contributed by atoms with Gasteiger partial charge in [0.25, 0.3) is 5.91 Å². The topological polar surface area (TPSA) is 49.8 Å². The number of nitrogens with zero attached hydrogens (tertiary/aromatic N) is 1. The smallest absolute Gasteiger partial charge is 0.254 e. The summed E-state index contributed by atoms with van der Waals surface area (Å²) in [6, 6.07) is 13.2. The van der Waals surface area contributed by atoms with Gasteiger partial charge in [0.05, 0.1) is 12.7 Å². The van der Waals surface area contributed by atoms with Crippen molar-refractivity contribution in [3.8, 4) is 0 Å².